The van der Waals surface area contributed by atoms with Gasteiger partial charge < -0.3 is 10.2 Å². The Hall–Kier alpha value is -1.32. The molecule has 3 heterocycles. The molecule has 6 nitrogen and oxygen atoms in total. The molecule has 2 saturated heterocycles. The maximum atomic E-state index is 6.33. The van der Waals surface area contributed by atoms with Gasteiger partial charge in [-0.3, -0.25) is 14.6 Å². The van der Waals surface area contributed by atoms with Gasteiger partial charge in [0, 0.05) is 57.4 Å². The Kier molecular flexibility index (Phi) is 9.04. The van der Waals surface area contributed by atoms with Crippen LogP contribution in [-0.4, -0.2) is 65.3 Å². The first kappa shape index (κ1) is 24.3. The van der Waals surface area contributed by atoms with E-state index in [1.165, 1.54) is 24.0 Å². The molecule has 2 aromatic rings. The molecule has 170 valence electrons. The van der Waals surface area contributed by atoms with E-state index >= 15 is 0 Å². The molecule has 1 N–H and O–H groups in total. The van der Waals surface area contributed by atoms with Gasteiger partial charge in [-0.1, -0.05) is 29.8 Å². The molecule has 0 saturated carbocycles. The SMILES string of the molecule is CN=C(NCC1CCN(Cc2ccccc2Cl)CC1)N1CCC(c2cnn(C)c2)C1.I. The van der Waals surface area contributed by atoms with Crippen LogP contribution in [0.25, 0.3) is 0 Å². The van der Waals surface area contributed by atoms with Crippen LogP contribution in [0.3, 0.4) is 0 Å². The minimum absolute atomic E-state index is 0. The molecule has 1 aromatic carbocycles. The van der Waals surface area contributed by atoms with Crippen LogP contribution in [-0.2, 0) is 13.6 Å². The number of aryl methyl sites for hydroxylation is 1. The molecule has 2 fully saturated rings. The number of piperidine rings is 1. The van der Waals surface area contributed by atoms with Crippen LogP contribution in [0.15, 0.2) is 41.7 Å². The Morgan fingerprint density at radius 1 is 1.19 bits per heavy atom. The number of benzene rings is 1. The topological polar surface area (TPSA) is 48.7 Å². The van der Waals surface area contributed by atoms with Crippen LogP contribution < -0.4 is 5.32 Å². The van der Waals surface area contributed by atoms with Crippen LogP contribution in [0.2, 0.25) is 5.02 Å². The van der Waals surface area contributed by atoms with E-state index in [0.29, 0.717) is 11.8 Å². The van der Waals surface area contributed by atoms with Crippen molar-refractivity contribution < 1.29 is 0 Å². The van der Waals surface area contributed by atoms with Crippen molar-refractivity contribution in [3.8, 4) is 0 Å². The molecule has 1 atom stereocenters. The van der Waals surface area contributed by atoms with E-state index in [2.05, 4.69) is 43.5 Å². The molecule has 2 aliphatic rings. The Bertz CT molecular complexity index is 861. The molecule has 0 amide bonds. The Morgan fingerprint density at radius 2 is 1.97 bits per heavy atom. The third-order valence-corrected chi connectivity index (χ3v) is 6.87. The van der Waals surface area contributed by atoms with Gasteiger partial charge in [-0.15, -0.1) is 24.0 Å². The van der Waals surface area contributed by atoms with Gasteiger partial charge in [0.25, 0.3) is 0 Å². The highest BCUT2D eigenvalue weighted by Crippen LogP contribution is 2.27. The minimum atomic E-state index is 0. The quantitative estimate of drug-likeness (QED) is 0.344. The molecule has 0 bridgehead atoms. The molecule has 31 heavy (non-hydrogen) atoms. The van der Waals surface area contributed by atoms with Gasteiger partial charge in [-0.2, -0.15) is 5.10 Å². The third kappa shape index (κ3) is 6.35. The summed E-state index contributed by atoms with van der Waals surface area (Å²) in [5.41, 5.74) is 2.56. The van der Waals surface area contributed by atoms with Crippen molar-refractivity contribution in [1.82, 2.24) is 24.9 Å². The summed E-state index contributed by atoms with van der Waals surface area (Å²) < 4.78 is 1.89. The second kappa shape index (κ2) is 11.5. The van der Waals surface area contributed by atoms with Gasteiger partial charge in [0.15, 0.2) is 5.96 Å². The number of nitrogens with zero attached hydrogens (tertiary/aromatic N) is 5. The van der Waals surface area contributed by atoms with Crippen molar-refractivity contribution in [3.63, 3.8) is 0 Å². The van der Waals surface area contributed by atoms with E-state index in [4.69, 9.17) is 11.6 Å². The summed E-state index contributed by atoms with van der Waals surface area (Å²) >= 11 is 6.33. The minimum Gasteiger partial charge on any atom is -0.356 e. The van der Waals surface area contributed by atoms with E-state index in [0.717, 1.165) is 56.7 Å². The second-order valence-corrected chi connectivity index (χ2v) is 9.03. The van der Waals surface area contributed by atoms with E-state index < -0.39 is 0 Å². The van der Waals surface area contributed by atoms with Crippen LogP contribution in [0.5, 0.6) is 0 Å². The average Bonchev–Trinajstić information content (AvgIpc) is 3.41. The molecule has 2 aliphatic heterocycles. The number of likely N-dealkylation sites (tertiary alicyclic amines) is 2. The highest BCUT2D eigenvalue weighted by Gasteiger charge is 2.27. The summed E-state index contributed by atoms with van der Waals surface area (Å²) in [6, 6.07) is 8.18. The van der Waals surface area contributed by atoms with Gasteiger partial charge in [0.1, 0.15) is 0 Å². The number of halogens is 2. The van der Waals surface area contributed by atoms with E-state index in [1.54, 1.807) is 0 Å². The van der Waals surface area contributed by atoms with Gasteiger partial charge in [-0.05, 0) is 55.5 Å². The zero-order valence-electron chi connectivity index (χ0n) is 18.5. The molecular formula is C23H34ClIN6. The summed E-state index contributed by atoms with van der Waals surface area (Å²) in [7, 11) is 3.88. The number of hydrogen-bond acceptors (Lipinski definition) is 3. The standard InChI is InChI=1S/C23H33ClN6.HI/c1-25-23(30-12-9-19(17-30)21-14-27-28(2)15-21)26-13-18-7-10-29(11-8-18)16-20-5-3-4-6-22(20)24;/h3-6,14-15,18-19H,7-13,16-17H2,1-2H3,(H,25,26);1H. The first-order valence-electron chi connectivity index (χ1n) is 11.0. The van der Waals surface area contributed by atoms with Gasteiger partial charge in [0.05, 0.1) is 6.20 Å². The van der Waals surface area contributed by atoms with Crippen molar-refractivity contribution in [3.05, 3.63) is 52.8 Å². The Morgan fingerprint density at radius 3 is 2.65 bits per heavy atom. The van der Waals surface area contributed by atoms with Crippen molar-refractivity contribution in [2.24, 2.45) is 18.0 Å². The van der Waals surface area contributed by atoms with Gasteiger partial charge >= 0.3 is 0 Å². The monoisotopic (exact) mass is 556 g/mol. The van der Waals surface area contributed by atoms with Gasteiger partial charge in [-0.25, -0.2) is 0 Å². The number of nitrogens with one attached hydrogen (secondary N) is 1. The molecule has 0 spiro atoms. The normalized spacial score (nSPS) is 20.7. The molecule has 0 aliphatic carbocycles. The fraction of sp³-hybridized carbons (Fsp3) is 0.565. The lowest BCUT2D eigenvalue weighted by Crippen LogP contribution is -2.44. The summed E-state index contributed by atoms with van der Waals surface area (Å²) in [6.45, 7) is 6.27. The van der Waals surface area contributed by atoms with Crippen molar-refractivity contribution in [2.75, 3.05) is 39.8 Å². The smallest absolute Gasteiger partial charge is 0.193 e. The summed E-state index contributed by atoms with van der Waals surface area (Å²) in [4.78, 5) is 9.47. The van der Waals surface area contributed by atoms with Crippen molar-refractivity contribution in [1.29, 1.82) is 0 Å². The fourth-order valence-corrected chi connectivity index (χ4v) is 4.86. The largest absolute Gasteiger partial charge is 0.356 e. The zero-order valence-corrected chi connectivity index (χ0v) is 21.6. The number of guanidine groups is 1. The van der Waals surface area contributed by atoms with E-state index in [9.17, 15) is 0 Å². The Labute approximate surface area is 208 Å². The number of aromatic nitrogens is 2. The van der Waals surface area contributed by atoms with Crippen LogP contribution in [0.4, 0.5) is 0 Å². The van der Waals surface area contributed by atoms with Crippen LogP contribution in [0.1, 0.15) is 36.3 Å². The maximum Gasteiger partial charge on any atom is 0.193 e. The van der Waals surface area contributed by atoms with E-state index in [1.807, 2.05) is 37.1 Å². The molecule has 8 heteroatoms. The van der Waals surface area contributed by atoms with Gasteiger partial charge in [0.2, 0.25) is 0 Å². The first-order valence-corrected chi connectivity index (χ1v) is 11.4. The van der Waals surface area contributed by atoms with Crippen molar-refractivity contribution >= 4 is 41.5 Å². The lowest BCUT2D eigenvalue weighted by Gasteiger charge is -2.33. The maximum absolute atomic E-state index is 6.33. The predicted molar refractivity (Wildman–Crippen MR) is 138 cm³/mol. The molecule has 0 radical (unpaired) electrons. The highest BCUT2D eigenvalue weighted by atomic mass is 127. The molecule has 4 rings (SSSR count). The molecular weight excluding hydrogens is 523 g/mol. The lowest BCUT2D eigenvalue weighted by atomic mass is 9.96. The predicted octanol–water partition coefficient (Wildman–Crippen LogP) is 3.97. The molecule has 1 aromatic heterocycles. The number of rotatable bonds is 5. The molecule has 1 unspecified atom stereocenters. The number of aliphatic imine (C=N–C) groups is 1. The van der Waals surface area contributed by atoms with Crippen LogP contribution in [0, 0.1) is 5.92 Å². The Balaban J connectivity index is 0.00000272. The zero-order chi connectivity index (χ0) is 20.9. The highest BCUT2D eigenvalue weighted by molar-refractivity contribution is 14.0. The summed E-state index contributed by atoms with van der Waals surface area (Å²) in [5.74, 6) is 2.28. The third-order valence-electron chi connectivity index (χ3n) is 6.50. The number of hydrogen-bond donors (Lipinski definition) is 1. The first-order chi connectivity index (χ1) is 14.6. The summed E-state index contributed by atoms with van der Waals surface area (Å²) in [6.07, 6.45) is 7.73. The van der Waals surface area contributed by atoms with Crippen LogP contribution >= 0.6 is 35.6 Å². The summed E-state index contributed by atoms with van der Waals surface area (Å²) in [5, 5.41) is 8.85. The fourth-order valence-electron chi connectivity index (χ4n) is 4.66. The lowest BCUT2D eigenvalue weighted by molar-refractivity contribution is 0.177. The van der Waals surface area contributed by atoms with Crippen molar-refractivity contribution in [2.45, 2.75) is 31.7 Å². The van der Waals surface area contributed by atoms with E-state index in [-0.39, 0.29) is 24.0 Å². The average molecular weight is 557 g/mol. The second-order valence-electron chi connectivity index (χ2n) is 8.62.